The van der Waals surface area contributed by atoms with Crippen LogP contribution in [0.25, 0.3) is 0 Å². The molecule has 2 aromatic rings. The summed E-state index contributed by atoms with van der Waals surface area (Å²) in [4.78, 5) is 12.0. The molecule has 3 rings (SSSR count). The van der Waals surface area contributed by atoms with Crippen molar-refractivity contribution in [1.82, 2.24) is 10.2 Å². The Morgan fingerprint density at radius 2 is 2.29 bits per heavy atom. The van der Waals surface area contributed by atoms with E-state index in [1.807, 2.05) is 24.3 Å². The van der Waals surface area contributed by atoms with Crippen molar-refractivity contribution in [1.29, 1.82) is 0 Å². The highest BCUT2D eigenvalue weighted by molar-refractivity contribution is 5.98. The number of H-pyrrole nitrogens is 1. The van der Waals surface area contributed by atoms with Crippen LogP contribution in [0.3, 0.4) is 0 Å². The molecular formula is C12H12N4O. The molecule has 1 aliphatic rings. The summed E-state index contributed by atoms with van der Waals surface area (Å²) in [5.41, 5.74) is 8.43. The van der Waals surface area contributed by atoms with E-state index in [4.69, 9.17) is 5.73 Å². The third-order valence-corrected chi connectivity index (χ3v) is 3.09. The van der Waals surface area contributed by atoms with Crippen molar-refractivity contribution in [3.8, 4) is 0 Å². The molecule has 5 nitrogen and oxygen atoms in total. The summed E-state index contributed by atoms with van der Waals surface area (Å²) in [7, 11) is 0. The maximum atomic E-state index is 12.0. The number of hydrogen-bond donors (Lipinski definition) is 3. The largest absolute Gasteiger partial charge is 0.394 e. The SMILES string of the molecule is Nc1cn[nH]c1NC(=O)C1Cc2ccccc21. The van der Waals surface area contributed by atoms with Crippen LogP contribution in [-0.2, 0) is 11.2 Å². The molecule has 0 bridgehead atoms. The van der Waals surface area contributed by atoms with E-state index < -0.39 is 0 Å². The quantitative estimate of drug-likeness (QED) is 0.723. The first-order valence-electron chi connectivity index (χ1n) is 5.43. The Morgan fingerprint density at radius 1 is 1.47 bits per heavy atom. The lowest BCUT2D eigenvalue weighted by atomic mass is 9.77. The Balaban J connectivity index is 1.76. The van der Waals surface area contributed by atoms with Crippen LogP contribution in [-0.4, -0.2) is 16.1 Å². The number of carbonyl (C=O) groups is 1. The maximum absolute atomic E-state index is 12.0. The number of nitrogens with zero attached hydrogens (tertiary/aromatic N) is 1. The van der Waals surface area contributed by atoms with Gasteiger partial charge in [0.25, 0.3) is 0 Å². The van der Waals surface area contributed by atoms with Crippen LogP contribution in [0, 0.1) is 0 Å². The van der Waals surface area contributed by atoms with Crippen molar-refractivity contribution in [2.24, 2.45) is 0 Å². The third-order valence-electron chi connectivity index (χ3n) is 3.09. The average molecular weight is 228 g/mol. The van der Waals surface area contributed by atoms with Crippen LogP contribution in [0.2, 0.25) is 0 Å². The minimum Gasteiger partial charge on any atom is -0.394 e. The summed E-state index contributed by atoms with van der Waals surface area (Å²) in [6.45, 7) is 0. The van der Waals surface area contributed by atoms with E-state index in [0.717, 1.165) is 12.0 Å². The molecule has 0 saturated carbocycles. The lowest BCUT2D eigenvalue weighted by Crippen LogP contribution is -2.30. The third kappa shape index (κ3) is 1.56. The van der Waals surface area contributed by atoms with E-state index in [1.165, 1.54) is 11.8 Å². The monoisotopic (exact) mass is 228 g/mol. The van der Waals surface area contributed by atoms with Crippen molar-refractivity contribution in [3.63, 3.8) is 0 Å². The van der Waals surface area contributed by atoms with E-state index in [1.54, 1.807) is 0 Å². The standard InChI is InChI=1S/C12H12N4O/c13-10-6-14-16-11(10)15-12(17)9-5-7-3-1-2-4-8(7)9/h1-4,6,9H,5,13H2,(H2,14,15,16,17). The summed E-state index contributed by atoms with van der Waals surface area (Å²) in [6.07, 6.45) is 2.26. The molecule has 0 saturated heterocycles. The molecule has 86 valence electrons. The number of nitrogens with two attached hydrogens (primary N) is 1. The van der Waals surface area contributed by atoms with Crippen molar-refractivity contribution in [2.45, 2.75) is 12.3 Å². The van der Waals surface area contributed by atoms with Crippen LogP contribution in [0.5, 0.6) is 0 Å². The van der Waals surface area contributed by atoms with Gasteiger partial charge >= 0.3 is 0 Å². The predicted molar refractivity (Wildman–Crippen MR) is 64.5 cm³/mol. The first-order chi connectivity index (χ1) is 8.25. The summed E-state index contributed by atoms with van der Waals surface area (Å²) in [5.74, 6) is 0.355. The highest BCUT2D eigenvalue weighted by Crippen LogP contribution is 2.35. The molecule has 0 radical (unpaired) electrons. The Hall–Kier alpha value is -2.30. The molecule has 0 aliphatic heterocycles. The lowest BCUT2D eigenvalue weighted by Gasteiger charge is -2.28. The molecule has 1 aromatic carbocycles. The molecule has 17 heavy (non-hydrogen) atoms. The molecule has 1 amide bonds. The van der Waals surface area contributed by atoms with Gasteiger partial charge in [-0.15, -0.1) is 0 Å². The molecule has 5 heteroatoms. The van der Waals surface area contributed by atoms with Gasteiger partial charge in [-0.2, -0.15) is 5.10 Å². The van der Waals surface area contributed by atoms with Gasteiger partial charge in [0.05, 0.1) is 17.8 Å². The maximum Gasteiger partial charge on any atom is 0.233 e. The number of hydrogen-bond acceptors (Lipinski definition) is 3. The van der Waals surface area contributed by atoms with Gasteiger partial charge in [0.15, 0.2) is 5.82 Å². The number of carbonyl (C=O) groups excluding carboxylic acids is 1. The molecule has 0 fully saturated rings. The van der Waals surface area contributed by atoms with Crippen LogP contribution in [0.4, 0.5) is 11.5 Å². The topological polar surface area (TPSA) is 83.8 Å². The van der Waals surface area contributed by atoms with Crippen LogP contribution in [0.15, 0.2) is 30.5 Å². The van der Waals surface area contributed by atoms with Crippen molar-refractivity contribution in [3.05, 3.63) is 41.6 Å². The van der Waals surface area contributed by atoms with Gasteiger partial charge in [0, 0.05) is 0 Å². The highest BCUT2D eigenvalue weighted by Gasteiger charge is 2.32. The summed E-state index contributed by atoms with van der Waals surface area (Å²) in [6, 6.07) is 7.96. The number of nitrogens with one attached hydrogen (secondary N) is 2. The summed E-state index contributed by atoms with van der Waals surface area (Å²) >= 11 is 0. The Labute approximate surface area is 98.0 Å². The normalized spacial score (nSPS) is 17.1. The highest BCUT2D eigenvalue weighted by atomic mass is 16.2. The predicted octanol–water partition coefficient (Wildman–Crippen LogP) is 1.27. The van der Waals surface area contributed by atoms with Crippen molar-refractivity contribution < 1.29 is 4.79 Å². The van der Waals surface area contributed by atoms with Gasteiger partial charge < -0.3 is 11.1 Å². The number of aromatic nitrogens is 2. The van der Waals surface area contributed by atoms with Crippen LogP contribution < -0.4 is 11.1 Å². The first-order valence-corrected chi connectivity index (χ1v) is 5.43. The minimum atomic E-state index is -0.0751. The van der Waals surface area contributed by atoms with Gasteiger partial charge in [-0.3, -0.25) is 9.89 Å². The van der Waals surface area contributed by atoms with E-state index >= 15 is 0 Å². The van der Waals surface area contributed by atoms with Crippen molar-refractivity contribution >= 4 is 17.4 Å². The van der Waals surface area contributed by atoms with Gasteiger partial charge in [0.1, 0.15) is 0 Å². The first kappa shape index (κ1) is 9.89. The lowest BCUT2D eigenvalue weighted by molar-refractivity contribution is -0.118. The zero-order valence-corrected chi connectivity index (χ0v) is 9.10. The van der Waals surface area contributed by atoms with E-state index in [2.05, 4.69) is 15.5 Å². The Morgan fingerprint density at radius 3 is 3.00 bits per heavy atom. The zero-order chi connectivity index (χ0) is 11.8. The average Bonchev–Trinajstić information content (AvgIpc) is 2.66. The molecule has 1 atom stereocenters. The number of anilines is 2. The Kier molecular flexibility index (Phi) is 2.11. The second-order valence-electron chi connectivity index (χ2n) is 4.15. The molecule has 1 unspecified atom stereocenters. The van der Waals surface area contributed by atoms with Crippen LogP contribution in [0.1, 0.15) is 17.0 Å². The van der Waals surface area contributed by atoms with Gasteiger partial charge in [0.2, 0.25) is 5.91 Å². The van der Waals surface area contributed by atoms with E-state index in [0.29, 0.717) is 11.5 Å². The van der Waals surface area contributed by atoms with E-state index in [-0.39, 0.29) is 11.8 Å². The van der Waals surface area contributed by atoms with Gasteiger partial charge in [-0.25, -0.2) is 0 Å². The number of fused-ring (bicyclic) bond motifs is 1. The second-order valence-corrected chi connectivity index (χ2v) is 4.15. The fourth-order valence-corrected chi connectivity index (χ4v) is 2.10. The molecule has 0 spiro atoms. The zero-order valence-electron chi connectivity index (χ0n) is 9.10. The van der Waals surface area contributed by atoms with Gasteiger partial charge in [-0.1, -0.05) is 24.3 Å². The number of amides is 1. The number of rotatable bonds is 2. The second kappa shape index (κ2) is 3.62. The molecule has 4 N–H and O–H groups in total. The fraction of sp³-hybridized carbons (Fsp3) is 0.167. The van der Waals surface area contributed by atoms with E-state index in [9.17, 15) is 4.79 Å². The molecule has 1 aromatic heterocycles. The fourth-order valence-electron chi connectivity index (χ4n) is 2.10. The number of nitrogen functional groups attached to an aromatic ring is 1. The van der Waals surface area contributed by atoms with Crippen LogP contribution >= 0.6 is 0 Å². The molecule has 1 aliphatic carbocycles. The number of aromatic amines is 1. The Bertz CT molecular complexity index is 575. The minimum absolute atomic E-state index is 0.0420. The number of benzene rings is 1. The molecule has 1 heterocycles. The van der Waals surface area contributed by atoms with Crippen molar-refractivity contribution in [2.75, 3.05) is 11.1 Å². The summed E-state index contributed by atoms with van der Waals surface area (Å²) in [5, 5.41) is 9.16. The molecular weight excluding hydrogens is 216 g/mol. The summed E-state index contributed by atoms with van der Waals surface area (Å²) < 4.78 is 0. The van der Waals surface area contributed by atoms with Gasteiger partial charge in [-0.05, 0) is 17.5 Å². The smallest absolute Gasteiger partial charge is 0.233 e.